The van der Waals surface area contributed by atoms with Gasteiger partial charge in [-0.3, -0.25) is 4.98 Å². The number of rotatable bonds is 4. The molecule has 122 valence electrons. The van der Waals surface area contributed by atoms with Crippen LogP contribution in [0.3, 0.4) is 0 Å². The molecule has 1 N–H and O–H groups in total. The van der Waals surface area contributed by atoms with Crippen LogP contribution in [0.4, 0.5) is 0 Å². The van der Waals surface area contributed by atoms with Crippen molar-refractivity contribution in [2.24, 2.45) is 0 Å². The van der Waals surface area contributed by atoms with Gasteiger partial charge in [-0.1, -0.05) is 0 Å². The topological polar surface area (TPSA) is 34.1 Å². The van der Waals surface area contributed by atoms with E-state index in [1.165, 1.54) is 27.8 Å². The predicted octanol–water partition coefficient (Wildman–Crippen LogP) is 3.94. The van der Waals surface area contributed by atoms with Crippen LogP contribution in [-0.4, -0.2) is 24.2 Å². The molecule has 1 aromatic carbocycles. The Bertz CT molecular complexity index is 652. The zero-order valence-corrected chi connectivity index (χ0v) is 14.4. The monoisotopic (exact) mass is 310 g/mol. The summed E-state index contributed by atoms with van der Waals surface area (Å²) < 4.78 is 6.06. The number of hydrogen-bond acceptors (Lipinski definition) is 3. The third-order valence-electron chi connectivity index (χ3n) is 4.82. The maximum atomic E-state index is 6.06. The molecule has 0 spiro atoms. The van der Waals surface area contributed by atoms with E-state index in [1.807, 2.05) is 6.20 Å². The van der Waals surface area contributed by atoms with E-state index < -0.39 is 0 Å². The highest BCUT2D eigenvalue weighted by atomic mass is 16.5. The van der Waals surface area contributed by atoms with Crippen molar-refractivity contribution < 1.29 is 4.74 Å². The second-order valence-corrected chi connectivity index (χ2v) is 6.54. The van der Waals surface area contributed by atoms with Gasteiger partial charge in [0.2, 0.25) is 0 Å². The first-order chi connectivity index (χ1) is 11.1. The van der Waals surface area contributed by atoms with Crippen molar-refractivity contribution >= 4 is 0 Å². The van der Waals surface area contributed by atoms with Crippen molar-refractivity contribution in [2.45, 2.75) is 46.3 Å². The molecule has 0 saturated carbocycles. The van der Waals surface area contributed by atoms with E-state index in [1.54, 1.807) is 0 Å². The molecule has 23 heavy (non-hydrogen) atoms. The summed E-state index contributed by atoms with van der Waals surface area (Å²) in [6.45, 7) is 9.29. The first-order valence-electron chi connectivity index (χ1n) is 8.49. The molecule has 0 bridgehead atoms. The van der Waals surface area contributed by atoms with Crippen LogP contribution in [0, 0.1) is 20.8 Å². The Hall–Kier alpha value is -1.71. The van der Waals surface area contributed by atoms with Crippen molar-refractivity contribution in [3.05, 3.63) is 52.7 Å². The molecule has 0 aliphatic carbocycles. The Morgan fingerprint density at radius 3 is 2.48 bits per heavy atom. The van der Waals surface area contributed by atoms with E-state index in [9.17, 15) is 0 Å². The number of nitrogens with zero attached hydrogens (tertiary/aromatic N) is 1. The molecule has 1 aliphatic heterocycles. The molecular weight excluding hydrogens is 284 g/mol. The van der Waals surface area contributed by atoms with Crippen LogP contribution in [0.1, 0.15) is 35.1 Å². The molecule has 0 amide bonds. The molecule has 3 rings (SSSR count). The Morgan fingerprint density at radius 1 is 1.09 bits per heavy atom. The van der Waals surface area contributed by atoms with Gasteiger partial charge in [0.1, 0.15) is 0 Å². The maximum absolute atomic E-state index is 6.06. The molecule has 2 aromatic rings. The highest BCUT2D eigenvalue weighted by molar-refractivity contribution is 5.63. The average molecular weight is 310 g/mol. The van der Waals surface area contributed by atoms with Crippen molar-refractivity contribution in [1.29, 1.82) is 0 Å². The van der Waals surface area contributed by atoms with Gasteiger partial charge in [0, 0.05) is 11.8 Å². The number of piperidine rings is 1. The third-order valence-corrected chi connectivity index (χ3v) is 4.82. The number of aryl methyl sites for hydroxylation is 2. The van der Waals surface area contributed by atoms with Gasteiger partial charge < -0.3 is 10.1 Å². The van der Waals surface area contributed by atoms with Crippen LogP contribution in [-0.2, 0) is 11.3 Å². The van der Waals surface area contributed by atoms with Gasteiger partial charge in [0.25, 0.3) is 0 Å². The van der Waals surface area contributed by atoms with Crippen molar-refractivity contribution in [1.82, 2.24) is 10.3 Å². The zero-order chi connectivity index (χ0) is 16.2. The summed E-state index contributed by atoms with van der Waals surface area (Å²) in [4.78, 5) is 4.55. The molecule has 0 radical (unpaired) electrons. The summed E-state index contributed by atoms with van der Waals surface area (Å²) in [5.41, 5.74) is 7.41. The fourth-order valence-electron chi connectivity index (χ4n) is 3.08. The van der Waals surface area contributed by atoms with Crippen molar-refractivity contribution in [3.63, 3.8) is 0 Å². The Kier molecular flexibility index (Phi) is 5.09. The first-order valence-corrected chi connectivity index (χ1v) is 8.49. The van der Waals surface area contributed by atoms with E-state index in [-0.39, 0.29) is 0 Å². The van der Waals surface area contributed by atoms with Crippen LogP contribution in [0.5, 0.6) is 0 Å². The lowest BCUT2D eigenvalue weighted by molar-refractivity contribution is 0.0212. The van der Waals surface area contributed by atoms with Gasteiger partial charge in [0.15, 0.2) is 0 Å². The summed E-state index contributed by atoms with van der Waals surface area (Å²) in [5, 5.41) is 3.37. The van der Waals surface area contributed by atoms with Crippen LogP contribution in [0.25, 0.3) is 11.3 Å². The number of hydrogen-bond donors (Lipinski definition) is 1. The van der Waals surface area contributed by atoms with Crippen molar-refractivity contribution in [3.8, 4) is 11.3 Å². The normalized spacial score (nSPS) is 15.8. The summed E-state index contributed by atoms with van der Waals surface area (Å²) in [7, 11) is 0. The van der Waals surface area contributed by atoms with E-state index in [2.05, 4.69) is 55.3 Å². The lowest BCUT2D eigenvalue weighted by atomic mass is 9.98. The molecule has 2 heterocycles. The minimum atomic E-state index is 0.386. The highest BCUT2D eigenvalue weighted by Crippen LogP contribution is 2.24. The van der Waals surface area contributed by atoms with Gasteiger partial charge in [0.05, 0.1) is 18.4 Å². The summed E-state index contributed by atoms with van der Waals surface area (Å²) in [5.74, 6) is 0. The molecule has 3 heteroatoms. The largest absolute Gasteiger partial charge is 0.373 e. The second-order valence-electron chi connectivity index (χ2n) is 6.54. The van der Waals surface area contributed by atoms with Gasteiger partial charge >= 0.3 is 0 Å². The maximum Gasteiger partial charge on any atom is 0.0721 e. The second kappa shape index (κ2) is 7.24. The lowest BCUT2D eigenvalue weighted by Gasteiger charge is -2.23. The Balaban J connectivity index is 1.74. The van der Waals surface area contributed by atoms with E-state index in [0.29, 0.717) is 12.7 Å². The van der Waals surface area contributed by atoms with Gasteiger partial charge in [-0.25, -0.2) is 0 Å². The first kappa shape index (κ1) is 16.2. The van der Waals surface area contributed by atoms with Crippen LogP contribution < -0.4 is 5.32 Å². The van der Waals surface area contributed by atoms with Crippen LogP contribution in [0.15, 0.2) is 30.5 Å². The molecule has 1 saturated heterocycles. The predicted molar refractivity (Wildman–Crippen MR) is 94.6 cm³/mol. The Labute approximate surface area is 139 Å². The SMILES string of the molecule is Cc1cc(-c2cc(COC3CCNCC3)ccn2)cc(C)c1C. The van der Waals surface area contributed by atoms with Crippen LogP contribution >= 0.6 is 0 Å². The lowest BCUT2D eigenvalue weighted by Crippen LogP contribution is -2.32. The van der Waals surface area contributed by atoms with Gasteiger partial charge in [-0.05, 0) is 93.2 Å². The number of pyridine rings is 1. The quantitative estimate of drug-likeness (QED) is 0.928. The number of ether oxygens (including phenoxy) is 1. The zero-order valence-electron chi connectivity index (χ0n) is 14.4. The molecule has 1 aromatic heterocycles. The average Bonchev–Trinajstić information content (AvgIpc) is 2.58. The fraction of sp³-hybridized carbons (Fsp3) is 0.450. The van der Waals surface area contributed by atoms with E-state index in [0.717, 1.165) is 31.6 Å². The molecule has 0 atom stereocenters. The number of benzene rings is 1. The van der Waals surface area contributed by atoms with E-state index in [4.69, 9.17) is 4.74 Å². The molecule has 1 aliphatic rings. The van der Waals surface area contributed by atoms with Gasteiger partial charge in [-0.2, -0.15) is 0 Å². The molecule has 3 nitrogen and oxygen atoms in total. The van der Waals surface area contributed by atoms with E-state index >= 15 is 0 Å². The summed E-state index contributed by atoms with van der Waals surface area (Å²) in [6.07, 6.45) is 4.49. The van der Waals surface area contributed by atoms with Crippen molar-refractivity contribution in [2.75, 3.05) is 13.1 Å². The van der Waals surface area contributed by atoms with Gasteiger partial charge in [-0.15, -0.1) is 0 Å². The minimum Gasteiger partial charge on any atom is -0.373 e. The number of nitrogens with one attached hydrogen (secondary N) is 1. The number of aromatic nitrogens is 1. The highest BCUT2D eigenvalue weighted by Gasteiger charge is 2.13. The summed E-state index contributed by atoms with van der Waals surface area (Å²) in [6, 6.07) is 8.66. The van der Waals surface area contributed by atoms with Crippen LogP contribution in [0.2, 0.25) is 0 Å². The smallest absolute Gasteiger partial charge is 0.0721 e. The molecule has 1 fully saturated rings. The minimum absolute atomic E-state index is 0.386. The Morgan fingerprint density at radius 2 is 1.78 bits per heavy atom. The fourth-order valence-corrected chi connectivity index (χ4v) is 3.08. The summed E-state index contributed by atoms with van der Waals surface area (Å²) >= 11 is 0. The molecular formula is C20H26N2O. The standard InChI is InChI=1S/C20H26N2O/c1-14-10-18(11-15(2)16(14)3)20-12-17(4-9-22-20)13-23-19-5-7-21-8-6-19/h4,9-12,19,21H,5-8,13H2,1-3H3. The molecule has 0 unspecified atom stereocenters. The third kappa shape index (κ3) is 3.98.